The molecule has 7 heteroatoms. The first-order chi connectivity index (χ1) is 14.7. The minimum Gasteiger partial charge on any atom is -0.353 e. The van der Waals surface area contributed by atoms with Crippen molar-refractivity contribution in [2.45, 2.75) is 13.1 Å². The van der Waals surface area contributed by atoms with Gasteiger partial charge in [-0.25, -0.2) is 9.07 Å². The Morgan fingerprint density at radius 1 is 0.867 bits per heavy atom. The lowest BCUT2D eigenvalue weighted by Gasteiger charge is -2.21. The topological polar surface area (TPSA) is 63.1 Å². The van der Waals surface area contributed by atoms with Gasteiger partial charge in [0, 0.05) is 5.56 Å². The summed E-state index contributed by atoms with van der Waals surface area (Å²) in [5.74, 6) is -0.402. The summed E-state index contributed by atoms with van der Waals surface area (Å²) in [4.78, 5) is 15.0. The minimum atomic E-state index is -0.283. The molecule has 0 spiro atoms. The second-order valence-corrected chi connectivity index (χ2v) is 7.08. The predicted octanol–water partition coefficient (Wildman–Crippen LogP) is 4.37. The number of nitrogens with zero attached hydrogens (tertiary/aromatic N) is 4. The highest BCUT2D eigenvalue weighted by Crippen LogP contribution is 2.36. The highest BCUT2D eigenvalue weighted by atomic mass is 19.1. The standard InChI is InChI=1S/C23H18FN5O/c24-19-9-3-1-7-16(19)13-28-14-17(26-27-28)15-29-22-12-6-5-11-21(22)25-20-10-4-2-8-18(20)23(29)30/h1-12,14,25H,13,15H2. The molecule has 1 N–H and O–H groups in total. The molecular formula is C23H18FN5O. The molecule has 0 saturated heterocycles. The Morgan fingerprint density at radius 2 is 1.60 bits per heavy atom. The number of fused-ring (bicyclic) bond motifs is 2. The van der Waals surface area contributed by atoms with Gasteiger partial charge in [-0.3, -0.25) is 4.79 Å². The zero-order valence-electron chi connectivity index (χ0n) is 16.0. The number of amides is 1. The Morgan fingerprint density at radius 3 is 2.47 bits per heavy atom. The molecule has 0 saturated carbocycles. The fourth-order valence-electron chi connectivity index (χ4n) is 3.60. The maximum absolute atomic E-state index is 13.9. The molecule has 1 amide bonds. The Hall–Kier alpha value is -4.00. The van der Waals surface area contributed by atoms with Gasteiger partial charge in [-0.2, -0.15) is 0 Å². The van der Waals surface area contributed by atoms with Crippen LogP contribution in [0.3, 0.4) is 0 Å². The number of carbonyl (C=O) groups is 1. The van der Waals surface area contributed by atoms with Crippen LogP contribution in [0.4, 0.5) is 21.5 Å². The average Bonchev–Trinajstić information content (AvgIpc) is 3.17. The van der Waals surface area contributed by atoms with Crippen molar-refractivity contribution < 1.29 is 9.18 Å². The third-order valence-electron chi connectivity index (χ3n) is 5.06. The minimum absolute atomic E-state index is 0.119. The smallest absolute Gasteiger partial charge is 0.260 e. The van der Waals surface area contributed by atoms with E-state index >= 15 is 0 Å². The molecular weight excluding hydrogens is 381 g/mol. The van der Waals surface area contributed by atoms with Crippen molar-refractivity contribution in [3.05, 3.63) is 102 Å². The molecule has 30 heavy (non-hydrogen) atoms. The molecule has 0 aliphatic carbocycles. The fraction of sp³-hybridized carbons (Fsp3) is 0.0870. The van der Waals surface area contributed by atoms with E-state index in [1.165, 1.54) is 6.07 Å². The number of nitrogens with one attached hydrogen (secondary N) is 1. The molecule has 148 valence electrons. The van der Waals surface area contributed by atoms with Gasteiger partial charge >= 0.3 is 0 Å². The van der Waals surface area contributed by atoms with Crippen LogP contribution in [0.2, 0.25) is 0 Å². The van der Waals surface area contributed by atoms with Gasteiger partial charge in [0.05, 0.1) is 41.9 Å². The normalized spacial score (nSPS) is 12.7. The summed E-state index contributed by atoms with van der Waals surface area (Å²) < 4.78 is 15.5. The summed E-state index contributed by atoms with van der Waals surface area (Å²) in [6.45, 7) is 0.526. The number of benzene rings is 3. The van der Waals surface area contributed by atoms with Crippen LogP contribution in [0.1, 0.15) is 21.6 Å². The van der Waals surface area contributed by atoms with Crippen molar-refractivity contribution in [3.63, 3.8) is 0 Å². The third kappa shape index (κ3) is 3.30. The van der Waals surface area contributed by atoms with E-state index in [2.05, 4.69) is 15.6 Å². The summed E-state index contributed by atoms with van der Waals surface area (Å²) in [7, 11) is 0. The second-order valence-electron chi connectivity index (χ2n) is 7.08. The number of rotatable bonds is 4. The summed E-state index contributed by atoms with van der Waals surface area (Å²) in [5, 5.41) is 11.7. The van der Waals surface area contributed by atoms with Gasteiger partial charge in [0.1, 0.15) is 11.5 Å². The molecule has 1 aromatic heterocycles. The lowest BCUT2D eigenvalue weighted by Crippen LogP contribution is -2.30. The van der Waals surface area contributed by atoms with E-state index < -0.39 is 0 Å². The third-order valence-corrected chi connectivity index (χ3v) is 5.06. The number of carbonyl (C=O) groups excluding carboxylic acids is 1. The van der Waals surface area contributed by atoms with Crippen molar-refractivity contribution in [2.24, 2.45) is 0 Å². The van der Waals surface area contributed by atoms with Gasteiger partial charge in [0.2, 0.25) is 0 Å². The van der Waals surface area contributed by atoms with Crippen molar-refractivity contribution >= 4 is 23.0 Å². The average molecular weight is 399 g/mol. The van der Waals surface area contributed by atoms with Crippen LogP contribution in [0, 0.1) is 5.82 Å². The summed E-state index contributed by atoms with van der Waals surface area (Å²) >= 11 is 0. The van der Waals surface area contributed by atoms with Gasteiger partial charge in [-0.15, -0.1) is 5.10 Å². The monoisotopic (exact) mass is 399 g/mol. The van der Waals surface area contributed by atoms with Crippen LogP contribution in [0.15, 0.2) is 79.0 Å². The van der Waals surface area contributed by atoms with Gasteiger partial charge in [-0.1, -0.05) is 47.7 Å². The van der Waals surface area contributed by atoms with Crippen molar-refractivity contribution in [2.75, 3.05) is 10.2 Å². The number of anilines is 3. The van der Waals surface area contributed by atoms with Gasteiger partial charge in [0.15, 0.2) is 0 Å². The van der Waals surface area contributed by atoms with Crippen LogP contribution in [0.5, 0.6) is 0 Å². The number of halogens is 1. The molecule has 1 aliphatic rings. The SMILES string of the molecule is O=C1c2ccccc2Nc2ccccc2N1Cc1cn(Cc2ccccc2F)nn1. The Labute approximate surface area is 172 Å². The molecule has 4 aromatic rings. The zero-order valence-corrected chi connectivity index (χ0v) is 16.0. The molecule has 1 aliphatic heterocycles. The summed E-state index contributed by atoms with van der Waals surface area (Å²) in [5.41, 5.74) is 4.11. The van der Waals surface area contributed by atoms with E-state index in [9.17, 15) is 9.18 Å². The zero-order chi connectivity index (χ0) is 20.5. The summed E-state index contributed by atoms with van der Waals surface area (Å²) in [6.07, 6.45) is 1.74. The van der Waals surface area contributed by atoms with Crippen LogP contribution >= 0.6 is 0 Å². The maximum Gasteiger partial charge on any atom is 0.260 e. The van der Waals surface area contributed by atoms with Crippen molar-refractivity contribution in [3.8, 4) is 0 Å². The first-order valence-electron chi connectivity index (χ1n) is 9.58. The van der Waals surface area contributed by atoms with E-state index in [1.54, 1.807) is 40.0 Å². The first kappa shape index (κ1) is 18.1. The molecule has 6 nitrogen and oxygen atoms in total. The molecule has 0 bridgehead atoms. The second kappa shape index (κ2) is 7.44. The highest BCUT2D eigenvalue weighted by molar-refractivity contribution is 6.13. The first-order valence-corrected chi connectivity index (χ1v) is 9.58. The van der Waals surface area contributed by atoms with Crippen LogP contribution < -0.4 is 10.2 Å². The van der Waals surface area contributed by atoms with E-state index in [0.29, 0.717) is 16.8 Å². The van der Waals surface area contributed by atoms with Gasteiger partial charge in [0.25, 0.3) is 5.91 Å². The number of para-hydroxylation sites is 3. The Bertz CT molecular complexity index is 1240. The van der Waals surface area contributed by atoms with E-state index in [0.717, 1.165) is 17.1 Å². The van der Waals surface area contributed by atoms with E-state index in [-0.39, 0.29) is 24.8 Å². The number of hydrogen-bond donors (Lipinski definition) is 1. The lowest BCUT2D eigenvalue weighted by atomic mass is 10.1. The van der Waals surface area contributed by atoms with E-state index in [4.69, 9.17) is 0 Å². The Balaban J connectivity index is 1.46. The molecule has 0 radical (unpaired) electrons. The van der Waals surface area contributed by atoms with Crippen LogP contribution in [-0.2, 0) is 13.1 Å². The quantitative estimate of drug-likeness (QED) is 0.554. The predicted molar refractivity (Wildman–Crippen MR) is 112 cm³/mol. The number of hydrogen-bond acceptors (Lipinski definition) is 4. The van der Waals surface area contributed by atoms with Gasteiger partial charge < -0.3 is 10.2 Å². The van der Waals surface area contributed by atoms with E-state index in [1.807, 2.05) is 42.5 Å². The van der Waals surface area contributed by atoms with Crippen LogP contribution in [0.25, 0.3) is 0 Å². The highest BCUT2D eigenvalue weighted by Gasteiger charge is 2.27. The molecule has 0 fully saturated rings. The molecule has 0 atom stereocenters. The largest absolute Gasteiger partial charge is 0.353 e. The maximum atomic E-state index is 13.9. The van der Waals surface area contributed by atoms with Crippen molar-refractivity contribution in [1.82, 2.24) is 15.0 Å². The molecule has 2 heterocycles. The molecule has 0 unspecified atom stereocenters. The lowest BCUT2D eigenvalue weighted by molar-refractivity contribution is 0.0986. The van der Waals surface area contributed by atoms with Gasteiger partial charge in [-0.05, 0) is 30.3 Å². The molecule has 5 rings (SSSR count). The Kier molecular flexibility index (Phi) is 4.48. The van der Waals surface area contributed by atoms with Crippen molar-refractivity contribution in [1.29, 1.82) is 0 Å². The van der Waals surface area contributed by atoms with Crippen LogP contribution in [-0.4, -0.2) is 20.9 Å². The molecule has 3 aromatic carbocycles. The number of aromatic nitrogens is 3. The fourth-order valence-corrected chi connectivity index (χ4v) is 3.60. The summed E-state index contributed by atoms with van der Waals surface area (Å²) in [6, 6.07) is 21.7.